The molecule has 1 amide bonds. The minimum atomic E-state index is 0.00450. The van der Waals surface area contributed by atoms with E-state index in [0.717, 1.165) is 24.1 Å². The molecule has 1 aromatic carbocycles. The van der Waals surface area contributed by atoms with E-state index < -0.39 is 0 Å². The van der Waals surface area contributed by atoms with Crippen molar-refractivity contribution in [2.45, 2.75) is 19.1 Å². The first-order chi connectivity index (χ1) is 11.6. The van der Waals surface area contributed by atoms with Crippen LogP contribution in [0.5, 0.6) is 5.88 Å². The molecule has 1 fully saturated rings. The maximum absolute atomic E-state index is 12.9. The first-order valence-electron chi connectivity index (χ1n) is 8.23. The molecule has 1 atom stereocenters. The van der Waals surface area contributed by atoms with Crippen LogP contribution in [0.4, 0.5) is 0 Å². The summed E-state index contributed by atoms with van der Waals surface area (Å²) >= 11 is 0. The van der Waals surface area contributed by atoms with Gasteiger partial charge < -0.3 is 14.5 Å². The number of rotatable bonds is 5. The van der Waals surface area contributed by atoms with Gasteiger partial charge >= 0.3 is 0 Å². The number of pyridine rings is 1. The van der Waals surface area contributed by atoms with Gasteiger partial charge in [0.05, 0.1) is 6.54 Å². The van der Waals surface area contributed by atoms with E-state index in [9.17, 15) is 4.79 Å². The molecule has 0 N–H and O–H groups in total. The zero-order valence-corrected chi connectivity index (χ0v) is 14.2. The minimum Gasteiger partial charge on any atom is -0.472 e. The highest BCUT2D eigenvalue weighted by Crippen LogP contribution is 2.20. The average molecular weight is 325 g/mol. The van der Waals surface area contributed by atoms with E-state index >= 15 is 0 Å². The van der Waals surface area contributed by atoms with Gasteiger partial charge in [0.2, 0.25) is 5.88 Å². The van der Waals surface area contributed by atoms with Crippen molar-refractivity contribution in [2.75, 3.05) is 27.2 Å². The molecule has 5 nitrogen and oxygen atoms in total. The molecule has 0 saturated carbocycles. The van der Waals surface area contributed by atoms with Crippen LogP contribution < -0.4 is 4.74 Å². The molecule has 1 aliphatic rings. The molecule has 2 heterocycles. The molecule has 2 aromatic rings. The summed E-state index contributed by atoms with van der Waals surface area (Å²) in [7, 11) is 4.02. The molecule has 0 radical (unpaired) electrons. The molecule has 3 rings (SSSR count). The van der Waals surface area contributed by atoms with E-state index in [-0.39, 0.29) is 12.0 Å². The Morgan fingerprint density at radius 2 is 2.04 bits per heavy atom. The Bertz CT molecular complexity index is 688. The second-order valence-electron chi connectivity index (χ2n) is 6.34. The predicted molar refractivity (Wildman–Crippen MR) is 93.0 cm³/mol. The lowest BCUT2D eigenvalue weighted by Crippen LogP contribution is -2.32. The second-order valence-corrected chi connectivity index (χ2v) is 6.34. The van der Waals surface area contributed by atoms with E-state index in [1.165, 1.54) is 0 Å². The van der Waals surface area contributed by atoms with Crippen LogP contribution in [0.1, 0.15) is 22.3 Å². The molecule has 1 saturated heterocycles. The van der Waals surface area contributed by atoms with Crippen LogP contribution in [0.25, 0.3) is 0 Å². The smallest absolute Gasteiger partial charge is 0.254 e. The normalized spacial score (nSPS) is 17.3. The summed E-state index contributed by atoms with van der Waals surface area (Å²) in [6.07, 6.45) is 2.55. The van der Waals surface area contributed by atoms with Crippen LogP contribution in [0, 0.1) is 0 Å². The summed E-state index contributed by atoms with van der Waals surface area (Å²) in [6.45, 7) is 2.07. The van der Waals surface area contributed by atoms with E-state index in [0.29, 0.717) is 19.0 Å². The van der Waals surface area contributed by atoms with Crippen molar-refractivity contribution in [1.82, 2.24) is 14.8 Å². The van der Waals surface area contributed by atoms with Crippen LogP contribution in [0.3, 0.4) is 0 Å². The molecular weight excluding hydrogens is 302 g/mol. The Labute approximate surface area is 142 Å². The standard InChI is InChI=1S/C19H23N3O2/c1-21(2)13-15-7-3-4-8-17(15)19(23)22-12-10-16(14-22)24-18-9-5-6-11-20-18/h3-9,11,16H,10,12-14H2,1-2H3. The van der Waals surface area contributed by atoms with Gasteiger partial charge in [-0.3, -0.25) is 4.79 Å². The third-order valence-electron chi connectivity index (χ3n) is 4.09. The summed E-state index contributed by atoms with van der Waals surface area (Å²) in [5.41, 5.74) is 1.84. The lowest BCUT2D eigenvalue weighted by molar-refractivity contribution is 0.0769. The van der Waals surface area contributed by atoms with E-state index in [2.05, 4.69) is 9.88 Å². The fraction of sp³-hybridized carbons (Fsp3) is 0.368. The number of carbonyl (C=O) groups excluding carboxylic acids is 1. The first kappa shape index (κ1) is 16.5. The average Bonchev–Trinajstić information content (AvgIpc) is 3.03. The Morgan fingerprint density at radius 3 is 2.79 bits per heavy atom. The van der Waals surface area contributed by atoms with Crippen LogP contribution in [-0.2, 0) is 6.54 Å². The second kappa shape index (κ2) is 7.45. The highest BCUT2D eigenvalue weighted by Gasteiger charge is 2.29. The third-order valence-corrected chi connectivity index (χ3v) is 4.09. The fourth-order valence-electron chi connectivity index (χ4n) is 2.97. The number of ether oxygens (including phenoxy) is 1. The minimum absolute atomic E-state index is 0.00450. The molecule has 1 aromatic heterocycles. The van der Waals surface area contributed by atoms with Gasteiger partial charge in [0.25, 0.3) is 5.91 Å². The lowest BCUT2D eigenvalue weighted by atomic mass is 10.1. The number of amides is 1. The van der Waals surface area contributed by atoms with E-state index in [1.807, 2.05) is 61.5 Å². The fourth-order valence-corrected chi connectivity index (χ4v) is 2.97. The van der Waals surface area contributed by atoms with Crippen LogP contribution in [0.2, 0.25) is 0 Å². The van der Waals surface area contributed by atoms with Crippen molar-refractivity contribution in [2.24, 2.45) is 0 Å². The lowest BCUT2D eigenvalue weighted by Gasteiger charge is -2.20. The largest absolute Gasteiger partial charge is 0.472 e. The molecule has 0 aliphatic carbocycles. The Balaban J connectivity index is 1.66. The molecular formula is C19H23N3O2. The molecule has 0 spiro atoms. The van der Waals surface area contributed by atoms with Crippen molar-refractivity contribution < 1.29 is 9.53 Å². The monoisotopic (exact) mass is 325 g/mol. The molecule has 1 unspecified atom stereocenters. The summed E-state index contributed by atoms with van der Waals surface area (Å²) in [5, 5.41) is 0. The van der Waals surface area contributed by atoms with Crippen molar-refractivity contribution in [3.05, 3.63) is 59.8 Å². The van der Waals surface area contributed by atoms with E-state index in [1.54, 1.807) is 6.20 Å². The van der Waals surface area contributed by atoms with Crippen molar-refractivity contribution in [1.29, 1.82) is 0 Å². The number of likely N-dealkylation sites (tertiary alicyclic amines) is 1. The maximum Gasteiger partial charge on any atom is 0.254 e. The predicted octanol–water partition coefficient (Wildman–Crippen LogP) is 2.44. The van der Waals surface area contributed by atoms with Crippen LogP contribution in [0.15, 0.2) is 48.7 Å². The molecule has 126 valence electrons. The van der Waals surface area contributed by atoms with Gasteiger partial charge in [-0.25, -0.2) is 4.98 Å². The third kappa shape index (κ3) is 3.92. The number of nitrogens with zero attached hydrogens (tertiary/aromatic N) is 3. The van der Waals surface area contributed by atoms with Crippen molar-refractivity contribution >= 4 is 5.91 Å². The molecule has 0 bridgehead atoms. The number of aromatic nitrogens is 1. The number of carbonyl (C=O) groups is 1. The van der Waals surface area contributed by atoms with Gasteiger partial charge in [0, 0.05) is 37.3 Å². The zero-order valence-electron chi connectivity index (χ0n) is 14.2. The highest BCUT2D eigenvalue weighted by atomic mass is 16.5. The van der Waals surface area contributed by atoms with Crippen LogP contribution in [-0.4, -0.2) is 54.0 Å². The number of benzene rings is 1. The maximum atomic E-state index is 12.9. The summed E-state index contributed by atoms with van der Waals surface area (Å²) < 4.78 is 5.87. The van der Waals surface area contributed by atoms with Crippen LogP contribution >= 0.6 is 0 Å². The van der Waals surface area contributed by atoms with Gasteiger partial charge in [-0.1, -0.05) is 24.3 Å². The van der Waals surface area contributed by atoms with Gasteiger partial charge in [-0.15, -0.1) is 0 Å². The summed E-state index contributed by atoms with van der Waals surface area (Å²) in [5.74, 6) is 0.698. The van der Waals surface area contributed by atoms with E-state index in [4.69, 9.17) is 4.74 Å². The van der Waals surface area contributed by atoms with Crippen molar-refractivity contribution in [3.8, 4) is 5.88 Å². The topological polar surface area (TPSA) is 45.7 Å². The summed E-state index contributed by atoms with van der Waals surface area (Å²) in [4.78, 5) is 21.0. The molecule has 24 heavy (non-hydrogen) atoms. The molecule has 5 heteroatoms. The SMILES string of the molecule is CN(C)Cc1ccccc1C(=O)N1CCC(Oc2ccccn2)C1. The highest BCUT2D eigenvalue weighted by molar-refractivity contribution is 5.95. The van der Waals surface area contributed by atoms with Gasteiger partial charge in [-0.05, 0) is 31.8 Å². The quantitative estimate of drug-likeness (QED) is 0.847. The Hall–Kier alpha value is -2.40. The number of hydrogen-bond donors (Lipinski definition) is 0. The van der Waals surface area contributed by atoms with Gasteiger partial charge in [0.1, 0.15) is 6.10 Å². The Kier molecular flexibility index (Phi) is 5.11. The van der Waals surface area contributed by atoms with Crippen molar-refractivity contribution in [3.63, 3.8) is 0 Å². The first-order valence-corrected chi connectivity index (χ1v) is 8.23. The zero-order chi connectivity index (χ0) is 16.9. The molecule has 1 aliphatic heterocycles. The van der Waals surface area contributed by atoms with Gasteiger partial charge in [-0.2, -0.15) is 0 Å². The summed E-state index contributed by atoms with van der Waals surface area (Å²) in [6, 6.07) is 13.4. The number of hydrogen-bond acceptors (Lipinski definition) is 4. The van der Waals surface area contributed by atoms with Gasteiger partial charge in [0.15, 0.2) is 0 Å². The Morgan fingerprint density at radius 1 is 1.25 bits per heavy atom.